The van der Waals surface area contributed by atoms with Gasteiger partial charge in [0.15, 0.2) is 0 Å². The monoisotopic (exact) mass is 294 g/mol. The van der Waals surface area contributed by atoms with Crippen LogP contribution in [0.5, 0.6) is 0 Å². The van der Waals surface area contributed by atoms with Crippen molar-refractivity contribution >= 4 is 5.91 Å². The molecule has 0 bridgehead atoms. The lowest BCUT2D eigenvalue weighted by Gasteiger charge is -2.28. The van der Waals surface area contributed by atoms with Gasteiger partial charge >= 0.3 is 0 Å². The van der Waals surface area contributed by atoms with Crippen LogP contribution in [0.1, 0.15) is 37.8 Å². The molecule has 1 amide bonds. The highest BCUT2D eigenvalue weighted by molar-refractivity contribution is 5.83. The fourth-order valence-corrected chi connectivity index (χ4v) is 2.28. The summed E-state index contributed by atoms with van der Waals surface area (Å²) >= 11 is 0. The van der Waals surface area contributed by atoms with Gasteiger partial charge in [0.1, 0.15) is 11.9 Å². The SMILES string of the molecule is CC(O)CCN(C)C(C(=O)NC1CC1)c1ccc(F)cc1. The number of nitrogens with zero attached hydrogens (tertiary/aromatic N) is 1. The second-order valence-corrected chi connectivity index (χ2v) is 5.86. The van der Waals surface area contributed by atoms with Crippen molar-refractivity contribution in [3.8, 4) is 0 Å². The molecular formula is C16H23FN2O2. The molecule has 21 heavy (non-hydrogen) atoms. The molecule has 1 aliphatic carbocycles. The minimum absolute atomic E-state index is 0.0581. The topological polar surface area (TPSA) is 52.6 Å². The highest BCUT2D eigenvalue weighted by atomic mass is 19.1. The number of benzene rings is 1. The lowest BCUT2D eigenvalue weighted by molar-refractivity contribution is -0.126. The zero-order valence-electron chi connectivity index (χ0n) is 12.6. The first-order valence-electron chi connectivity index (χ1n) is 7.41. The first-order chi connectivity index (χ1) is 9.97. The molecule has 0 saturated heterocycles. The number of carbonyl (C=O) groups excluding carboxylic acids is 1. The molecule has 2 rings (SSSR count). The zero-order chi connectivity index (χ0) is 15.4. The number of aliphatic hydroxyl groups excluding tert-OH is 1. The summed E-state index contributed by atoms with van der Waals surface area (Å²) in [6, 6.07) is 5.86. The third kappa shape index (κ3) is 4.79. The van der Waals surface area contributed by atoms with Crippen LogP contribution in [0.3, 0.4) is 0 Å². The second-order valence-electron chi connectivity index (χ2n) is 5.86. The van der Waals surface area contributed by atoms with Crippen LogP contribution in [0.4, 0.5) is 4.39 Å². The van der Waals surface area contributed by atoms with Crippen LogP contribution in [0.15, 0.2) is 24.3 Å². The van der Waals surface area contributed by atoms with Crippen LogP contribution in [0.25, 0.3) is 0 Å². The second kappa shape index (κ2) is 7.00. The quantitative estimate of drug-likeness (QED) is 0.807. The lowest BCUT2D eigenvalue weighted by atomic mass is 10.0. The molecule has 0 spiro atoms. The van der Waals surface area contributed by atoms with Crippen LogP contribution >= 0.6 is 0 Å². The number of nitrogens with one attached hydrogen (secondary N) is 1. The molecule has 0 radical (unpaired) electrons. The van der Waals surface area contributed by atoms with Crippen molar-refractivity contribution in [3.63, 3.8) is 0 Å². The van der Waals surface area contributed by atoms with Crippen LogP contribution in [0.2, 0.25) is 0 Å². The Labute approximate surface area is 125 Å². The zero-order valence-corrected chi connectivity index (χ0v) is 12.6. The molecule has 2 unspecified atom stereocenters. The number of rotatable bonds is 7. The number of carbonyl (C=O) groups is 1. The van der Waals surface area contributed by atoms with Crippen molar-refractivity contribution in [2.24, 2.45) is 0 Å². The van der Waals surface area contributed by atoms with E-state index in [1.165, 1.54) is 12.1 Å². The molecule has 2 atom stereocenters. The largest absolute Gasteiger partial charge is 0.393 e. The molecule has 1 aromatic carbocycles. The summed E-state index contributed by atoms with van der Waals surface area (Å²) in [5.41, 5.74) is 0.766. The number of likely N-dealkylation sites (N-methyl/N-ethyl adjacent to an activating group) is 1. The van der Waals surface area contributed by atoms with Crippen LogP contribution in [-0.2, 0) is 4.79 Å². The van der Waals surface area contributed by atoms with Gasteiger partial charge in [-0.05, 0) is 50.9 Å². The molecular weight excluding hydrogens is 271 g/mol. The Morgan fingerprint density at radius 2 is 2.05 bits per heavy atom. The van der Waals surface area contributed by atoms with Gasteiger partial charge in [-0.1, -0.05) is 12.1 Å². The average Bonchev–Trinajstić information content (AvgIpc) is 3.23. The van der Waals surface area contributed by atoms with Crippen molar-refractivity contribution in [2.45, 2.75) is 44.4 Å². The number of hydrogen-bond donors (Lipinski definition) is 2. The van der Waals surface area contributed by atoms with Gasteiger partial charge in [0.25, 0.3) is 0 Å². The van der Waals surface area contributed by atoms with Crippen molar-refractivity contribution in [3.05, 3.63) is 35.6 Å². The van der Waals surface area contributed by atoms with E-state index in [1.807, 2.05) is 11.9 Å². The van der Waals surface area contributed by atoms with Gasteiger partial charge in [0, 0.05) is 12.6 Å². The maximum atomic E-state index is 13.1. The Morgan fingerprint density at radius 1 is 1.43 bits per heavy atom. The Morgan fingerprint density at radius 3 is 2.57 bits per heavy atom. The summed E-state index contributed by atoms with van der Waals surface area (Å²) in [4.78, 5) is 14.4. The third-order valence-corrected chi connectivity index (χ3v) is 3.70. The number of amides is 1. The third-order valence-electron chi connectivity index (χ3n) is 3.70. The normalized spacial score (nSPS) is 17.6. The predicted octanol–water partition coefficient (Wildman–Crippen LogP) is 1.85. The summed E-state index contributed by atoms with van der Waals surface area (Å²) in [5.74, 6) is -0.371. The van der Waals surface area contributed by atoms with Crippen molar-refractivity contribution in [1.29, 1.82) is 0 Å². The van der Waals surface area contributed by atoms with E-state index in [4.69, 9.17) is 0 Å². The Hall–Kier alpha value is -1.46. The average molecular weight is 294 g/mol. The Kier molecular flexibility index (Phi) is 5.31. The first kappa shape index (κ1) is 15.9. The maximum Gasteiger partial charge on any atom is 0.242 e. The maximum absolute atomic E-state index is 13.1. The van der Waals surface area contributed by atoms with E-state index >= 15 is 0 Å². The predicted molar refractivity (Wildman–Crippen MR) is 79.2 cm³/mol. The van der Waals surface area contributed by atoms with Gasteiger partial charge in [0.2, 0.25) is 5.91 Å². The van der Waals surface area contributed by atoms with E-state index in [0.29, 0.717) is 13.0 Å². The minimum Gasteiger partial charge on any atom is -0.393 e. The van der Waals surface area contributed by atoms with Gasteiger partial charge in [-0.15, -0.1) is 0 Å². The molecule has 116 valence electrons. The van der Waals surface area contributed by atoms with E-state index in [1.54, 1.807) is 19.1 Å². The van der Waals surface area contributed by atoms with E-state index in [2.05, 4.69) is 5.32 Å². The fraction of sp³-hybridized carbons (Fsp3) is 0.562. The molecule has 4 nitrogen and oxygen atoms in total. The Bertz CT molecular complexity index is 472. The summed E-state index contributed by atoms with van der Waals surface area (Å²) in [6.07, 6.45) is 2.23. The molecule has 2 N–H and O–H groups in total. The molecule has 0 aliphatic heterocycles. The van der Waals surface area contributed by atoms with Crippen molar-refractivity contribution in [1.82, 2.24) is 10.2 Å². The summed E-state index contributed by atoms with van der Waals surface area (Å²) < 4.78 is 13.1. The smallest absolute Gasteiger partial charge is 0.242 e. The van der Waals surface area contributed by atoms with Gasteiger partial charge in [-0.2, -0.15) is 0 Å². The summed E-state index contributed by atoms with van der Waals surface area (Å²) in [6.45, 7) is 2.32. The number of halogens is 1. The van der Waals surface area contributed by atoms with Crippen LogP contribution in [0, 0.1) is 5.82 Å². The van der Waals surface area contributed by atoms with Crippen LogP contribution in [-0.4, -0.2) is 41.7 Å². The van der Waals surface area contributed by atoms with E-state index in [9.17, 15) is 14.3 Å². The lowest BCUT2D eigenvalue weighted by Crippen LogP contribution is -2.40. The number of aliphatic hydroxyl groups is 1. The molecule has 5 heteroatoms. The molecule has 0 aromatic heterocycles. The highest BCUT2D eigenvalue weighted by Gasteiger charge is 2.30. The van der Waals surface area contributed by atoms with E-state index in [0.717, 1.165) is 18.4 Å². The van der Waals surface area contributed by atoms with Crippen molar-refractivity contribution in [2.75, 3.05) is 13.6 Å². The molecule has 1 fully saturated rings. The first-order valence-corrected chi connectivity index (χ1v) is 7.41. The molecule has 1 saturated carbocycles. The minimum atomic E-state index is -0.454. The van der Waals surface area contributed by atoms with Gasteiger partial charge in [-0.3, -0.25) is 9.69 Å². The molecule has 1 aliphatic rings. The summed E-state index contributed by atoms with van der Waals surface area (Å²) in [7, 11) is 1.85. The van der Waals surface area contributed by atoms with Gasteiger partial charge in [0.05, 0.1) is 6.10 Å². The molecule has 1 aromatic rings. The highest BCUT2D eigenvalue weighted by Crippen LogP contribution is 2.24. The van der Waals surface area contributed by atoms with E-state index < -0.39 is 12.1 Å². The van der Waals surface area contributed by atoms with Crippen LogP contribution < -0.4 is 5.32 Å². The van der Waals surface area contributed by atoms with Gasteiger partial charge < -0.3 is 10.4 Å². The Balaban J connectivity index is 2.11. The molecule has 0 heterocycles. The van der Waals surface area contributed by atoms with E-state index in [-0.39, 0.29) is 17.8 Å². The summed E-state index contributed by atoms with van der Waals surface area (Å²) in [5, 5.41) is 12.4. The van der Waals surface area contributed by atoms with Gasteiger partial charge in [-0.25, -0.2) is 4.39 Å². The van der Waals surface area contributed by atoms with Crippen molar-refractivity contribution < 1.29 is 14.3 Å². The standard InChI is InChI=1S/C16H23FN2O2/c1-11(20)9-10-19(2)15(16(21)18-14-7-8-14)12-3-5-13(17)6-4-12/h3-6,11,14-15,20H,7-10H2,1-2H3,(H,18,21). The fourth-order valence-electron chi connectivity index (χ4n) is 2.28. The number of hydrogen-bond acceptors (Lipinski definition) is 3.